The Bertz CT molecular complexity index is 190. The molecule has 5 heteroatoms. The van der Waals surface area contributed by atoms with Gasteiger partial charge in [-0.1, -0.05) is 31.8 Å². The summed E-state index contributed by atoms with van der Waals surface area (Å²) in [5, 5.41) is 34.8. The van der Waals surface area contributed by atoms with Crippen molar-refractivity contribution in [3.63, 3.8) is 0 Å². The molecule has 0 amide bonds. The molecule has 0 atom stereocenters. The second kappa shape index (κ2) is 8.69. The van der Waals surface area contributed by atoms with Crippen LogP contribution >= 0.6 is 0 Å². The summed E-state index contributed by atoms with van der Waals surface area (Å²) in [7, 11) is -1.28. The van der Waals surface area contributed by atoms with Crippen LogP contribution in [-0.2, 0) is 0 Å². The standard InChI is InChI=1S/C6H13BO2.C6H14O2/c1-2-3-4-5-6-7(8)9;1-5(2,7)6(3,4)8/h5-6,8-9H,2-4H2,1H3;7-8H,1-4H3. The SMILES string of the molecule is CC(C)(O)C(C)(C)O.CCCCC=CB(O)O. The van der Waals surface area contributed by atoms with E-state index in [2.05, 4.69) is 6.92 Å². The van der Waals surface area contributed by atoms with Crippen LogP contribution in [-0.4, -0.2) is 38.6 Å². The summed E-state index contributed by atoms with van der Waals surface area (Å²) in [4.78, 5) is 0. The van der Waals surface area contributed by atoms with E-state index in [1.54, 1.807) is 33.8 Å². The molecule has 4 nitrogen and oxygen atoms in total. The Balaban J connectivity index is 0. The van der Waals surface area contributed by atoms with E-state index in [0.717, 1.165) is 19.3 Å². The Morgan fingerprint density at radius 3 is 1.65 bits per heavy atom. The van der Waals surface area contributed by atoms with E-state index < -0.39 is 18.3 Å². The summed E-state index contributed by atoms with van der Waals surface area (Å²) in [5.41, 5.74) is -2.01. The van der Waals surface area contributed by atoms with Crippen molar-refractivity contribution in [2.45, 2.75) is 65.1 Å². The third-order valence-corrected chi connectivity index (χ3v) is 2.53. The summed E-state index contributed by atoms with van der Waals surface area (Å²) in [6.45, 7) is 8.41. The second-order valence-corrected chi connectivity index (χ2v) is 5.10. The molecule has 0 aromatic heterocycles. The maximum atomic E-state index is 9.10. The highest BCUT2D eigenvalue weighted by Crippen LogP contribution is 2.19. The molecule has 0 radical (unpaired) electrons. The van der Waals surface area contributed by atoms with E-state index in [1.807, 2.05) is 0 Å². The molecular formula is C12H27BO4. The first kappa shape index (κ1) is 19.0. The Morgan fingerprint density at radius 2 is 1.41 bits per heavy atom. The van der Waals surface area contributed by atoms with E-state index in [-0.39, 0.29) is 0 Å². The molecule has 0 aromatic carbocycles. The second-order valence-electron chi connectivity index (χ2n) is 5.10. The highest BCUT2D eigenvalue weighted by molar-refractivity contribution is 6.47. The lowest BCUT2D eigenvalue weighted by Gasteiger charge is -2.31. The summed E-state index contributed by atoms with van der Waals surface area (Å²) in [6.07, 6.45) is 4.98. The highest BCUT2D eigenvalue weighted by atomic mass is 16.4. The van der Waals surface area contributed by atoms with Crippen LogP contribution in [0.15, 0.2) is 12.1 Å². The van der Waals surface area contributed by atoms with Crippen LogP contribution in [0.1, 0.15) is 53.9 Å². The third-order valence-electron chi connectivity index (χ3n) is 2.53. The fraction of sp³-hybridized carbons (Fsp3) is 0.833. The topological polar surface area (TPSA) is 80.9 Å². The van der Waals surface area contributed by atoms with Gasteiger partial charge in [-0.2, -0.15) is 0 Å². The molecule has 0 spiro atoms. The average Bonchev–Trinajstić information content (AvgIpc) is 2.10. The lowest BCUT2D eigenvalue weighted by atomic mass is 9.90. The van der Waals surface area contributed by atoms with Crippen molar-refractivity contribution in [3.8, 4) is 0 Å². The van der Waals surface area contributed by atoms with Crippen molar-refractivity contribution in [1.29, 1.82) is 0 Å². The summed E-state index contributed by atoms with van der Waals surface area (Å²) in [6, 6.07) is 0. The van der Waals surface area contributed by atoms with Crippen molar-refractivity contribution in [2.24, 2.45) is 0 Å². The monoisotopic (exact) mass is 246 g/mol. The summed E-state index contributed by atoms with van der Waals surface area (Å²) < 4.78 is 0. The van der Waals surface area contributed by atoms with Gasteiger partial charge in [0.25, 0.3) is 0 Å². The molecule has 17 heavy (non-hydrogen) atoms. The smallest absolute Gasteiger partial charge is 0.424 e. The van der Waals surface area contributed by atoms with E-state index in [9.17, 15) is 0 Å². The Labute approximate surface area is 105 Å². The minimum Gasteiger partial charge on any atom is -0.424 e. The van der Waals surface area contributed by atoms with Crippen molar-refractivity contribution < 1.29 is 20.3 Å². The van der Waals surface area contributed by atoms with Crippen LogP contribution < -0.4 is 0 Å². The van der Waals surface area contributed by atoms with Gasteiger partial charge in [-0.05, 0) is 34.1 Å². The van der Waals surface area contributed by atoms with Crippen molar-refractivity contribution in [2.75, 3.05) is 0 Å². The summed E-state index contributed by atoms with van der Waals surface area (Å²) >= 11 is 0. The lowest BCUT2D eigenvalue weighted by molar-refractivity contribution is -0.107. The molecule has 0 aliphatic rings. The van der Waals surface area contributed by atoms with Gasteiger partial charge in [-0.15, -0.1) is 0 Å². The summed E-state index contributed by atoms with van der Waals surface area (Å²) in [5.74, 6) is 1.38. The molecule has 0 heterocycles. The van der Waals surface area contributed by atoms with Gasteiger partial charge < -0.3 is 20.3 Å². The van der Waals surface area contributed by atoms with Gasteiger partial charge >= 0.3 is 7.12 Å². The highest BCUT2D eigenvalue weighted by Gasteiger charge is 2.31. The van der Waals surface area contributed by atoms with E-state index in [4.69, 9.17) is 20.3 Å². The molecule has 0 saturated carbocycles. The van der Waals surface area contributed by atoms with Gasteiger partial charge in [0.1, 0.15) is 0 Å². The Kier molecular flexibility index (Phi) is 9.72. The average molecular weight is 246 g/mol. The molecule has 0 aromatic rings. The Morgan fingerprint density at radius 1 is 1.00 bits per heavy atom. The van der Waals surface area contributed by atoms with Gasteiger partial charge in [0, 0.05) is 0 Å². The Hall–Kier alpha value is -0.355. The van der Waals surface area contributed by atoms with E-state index in [1.165, 1.54) is 5.98 Å². The zero-order valence-corrected chi connectivity index (χ0v) is 11.6. The van der Waals surface area contributed by atoms with Crippen LogP contribution in [0, 0.1) is 0 Å². The first-order valence-corrected chi connectivity index (χ1v) is 6.00. The zero-order valence-electron chi connectivity index (χ0n) is 11.6. The molecule has 0 unspecified atom stereocenters. The number of unbranched alkanes of at least 4 members (excludes halogenated alkanes) is 2. The predicted octanol–water partition coefficient (Wildman–Crippen LogP) is 1.27. The molecule has 0 saturated heterocycles. The molecule has 102 valence electrons. The van der Waals surface area contributed by atoms with Crippen LogP contribution in [0.5, 0.6) is 0 Å². The molecule has 0 fully saturated rings. The fourth-order valence-electron chi connectivity index (χ4n) is 0.540. The van der Waals surface area contributed by atoms with E-state index >= 15 is 0 Å². The number of rotatable bonds is 5. The van der Waals surface area contributed by atoms with Crippen LogP contribution in [0.4, 0.5) is 0 Å². The van der Waals surface area contributed by atoms with Gasteiger partial charge in [-0.3, -0.25) is 0 Å². The molecule has 0 aliphatic carbocycles. The van der Waals surface area contributed by atoms with Crippen LogP contribution in [0.25, 0.3) is 0 Å². The number of aliphatic hydroxyl groups is 2. The minimum atomic E-state index is -1.28. The zero-order chi connectivity index (χ0) is 14.1. The predicted molar refractivity (Wildman–Crippen MR) is 71.5 cm³/mol. The van der Waals surface area contributed by atoms with Crippen molar-refractivity contribution >= 4 is 7.12 Å². The molecule has 4 N–H and O–H groups in total. The molecule has 0 aliphatic heterocycles. The van der Waals surface area contributed by atoms with E-state index in [0.29, 0.717) is 0 Å². The normalized spacial score (nSPS) is 12.3. The quantitative estimate of drug-likeness (QED) is 0.435. The number of hydrogen-bond donors (Lipinski definition) is 4. The first-order chi connectivity index (χ1) is 7.52. The van der Waals surface area contributed by atoms with Crippen molar-refractivity contribution in [1.82, 2.24) is 0 Å². The van der Waals surface area contributed by atoms with Crippen LogP contribution in [0.3, 0.4) is 0 Å². The minimum absolute atomic E-state index is 0.939. The van der Waals surface area contributed by atoms with Gasteiger partial charge in [-0.25, -0.2) is 0 Å². The third kappa shape index (κ3) is 13.6. The van der Waals surface area contributed by atoms with Gasteiger partial charge in [0.05, 0.1) is 11.2 Å². The van der Waals surface area contributed by atoms with Crippen molar-refractivity contribution in [3.05, 3.63) is 12.1 Å². The molecular weight excluding hydrogens is 219 g/mol. The number of hydrogen-bond acceptors (Lipinski definition) is 4. The van der Waals surface area contributed by atoms with Crippen LogP contribution in [0.2, 0.25) is 0 Å². The largest absolute Gasteiger partial charge is 0.480 e. The van der Waals surface area contributed by atoms with Gasteiger partial charge in [0.15, 0.2) is 0 Å². The number of allylic oxidation sites excluding steroid dienone is 1. The fourth-order valence-corrected chi connectivity index (χ4v) is 0.540. The lowest BCUT2D eigenvalue weighted by Crippen LogP contribution is -2.44. The first-order valence-electron chi connectivity index (χ1n) is 6.00. The van der Waals surface area contributed by atoms with Gasteiger partial charge in [0.2, 0.25) is 0 Å². The maximum absolute atomic E-state index is 9.10. The maximum Gasteiger partial charge on any atom is 0.480 e. The molecule has 0 bridgehead atoms. The molecule has 0 rings (SSSR count).